The summed E-state index contributed by atoms with van der Waals surface area (Å²) in [6.45, 7) is 2.05. The molecule has 1 atom stereocenters. The van der Waals surface area contributed by atoms with Gasteiger partial charge >= 0.3 is 0 Å². The highest BCUT2D eigenvalue weighted by atomic mass is 19.1. The van der Waals surface area contributed by atoms with Crippen molar-refractivity contribution in [2.24, 2.45) is 0 Å². The number of nitrogens with zero attached hydrogens (tertiary/aromatic N) is 1. The normalized spacial score (nSPS) is 11.5. The molecule has 27 heavy (non-hydrogen) atoms. The summed E-state index contributed by atoms with van der Waals surface area (Å²) in [6.07, 6.45) is 1.13. The Morgan fingerprint density at radius 2 is 1.78 bits per heavy atom. The highest BCUT2D eigenvalue weighted by Gasteiger charge is 2.27. The van der Waals surface area contributed by atoms with Gasteiger partial charge in [-0.2, -0.15) is 0 Å². The lowest BCUT2D eigenvalue weighted by Crippen LogP contribution is -2.50. The molecule has 0 unspecified atom stereocenters. The van der Waals surface area contributed by atoms with Crippen LogP contribution in [0.5, 0.6) is 5.75 Å². The Kier molecular flexibility index (Phi) is 7.79. The Bertz CT molecular complexity index is 735. The van der Waals surface area contributed by atoms with E-state index in [0.717, 1.165) is 5.56 Å². The second-order valence-electron chi connectivity index (χ2n) is 6.10. The first kappa shape index (κ1) is 20.4. The van der Waals surface area contributed by atoms with Gasteiger partial charge in [0.25, 0.3) is 5.91 Å². The van der Waals surface area contributed by atoms with Crippen molar-refractivity contribution in [2.75, 3.05) is 20.2 Å². The maximum Gasteiger partial charge on any atom is 0.261 e. The van der Waals surface area contributed by atoms with Gasteiger partial charge in [-0.1, -0.05) is 37.3 Å². The molecule has 0 aromatic heterocycles. The van der Waals surface area contributed by atoms with Crippen molar-refractivity contribution in [2.45, 2.75) is 25.8 Å². The van der Waals surface area contributed by atoms with Crippen LogP contribution in [-0.2, 0) is 16.0 Å². The predicted molar refractivity (Wildman–Crippen MR) is 102 cm³/mol. The minimum absolute atomic E-state index is 0.208. The quantitative estimate of drug-likeness (QED) is 0.736. The lowest BCUT2D eigenvalue weighted by atomic mass is 10.1. The van der Waals surface area contributed by atoms with E-state index in [1.54, 1.807) is 11.9 Å². The summed E-state index contributed by atoms with van der Waals surface area (Å²) in [7, 11) is 1.56. The van der Waals surface area contributed by atoms with Crippen LogP contribution in [0.1, 0.15) is 18.9 Å². The maximum absolute atomic E-state index is 13.0. The van der Waals surface area contributed by atoms with E-state index in [4.69, 9.17) is 4.74 Å². The molecule has 0 aliphatic heterocycles. The van der Waals surface area contributed by atoms with Crippen molar-refractivity contribution in [3.05, 3.63) is 66.0 Å². The first-order valence-electron chi connectivity index (χ1n) is 8.98. The fraction of sp³-hybridized carbons (Fsp3) is 0.333. The summed E-state index contributed by atoms with van der Waals surface area (Å²) in [4.78, 5) is 26.5. The maximum atomic E-state index is 13.0. The molecule has 0 aliphatic carbocycles. The third kappa shape index (κ3) is 6.09. The summed E-state index contributed by atoms with van der Waals surface area (Å²) >= 11 is 0. The minimum atomic E-state index is -0.567. The van der Waals surface area contributed by atoms with Crippen molar-refractivity contribution >= 4 is 11.8 Å². The monoisotopic (exact) mass is 372 g/mol. The summed E-state index contributed by atoms with van der Waals surface area (Å²) in [6, 6.07) is 14.7. The van der Waals surface area contributed by atoms with Gasteiger partial charge in [0.2, 0.25) is 5.91 Å². The number of amides is 2. The summed E-state index contributed by atoms with van der Waals surface area (Å²) < 4.78 is 18.5. The smallest absolute Gasteiger partial charge is 0.261 e. The van der Waals surface area contributed by atoms with E-state index in [1.165, 1.54) is 24.3 Å². The molecule has 5 nitrogen and oxygen atoms in total. The van der Waals surface area contributed by atoms with E-state index in [9.17, 15) is 14.0 Å². The van der Waals surface area contributed by atoms with E-state index < -0.39 is 6.04 Å². The van der Waals surface area contributed by atoms with Gasteiger partial charge < -0.3 is 15.0 Å². The van der Waals surface area contributed by atoms with Crippen molar-refractivity contribution in [3.63, 3.8) is 0 Å². The number of likely N-dealkylation sites (N-methyl/N-ethyl adjacent to an activating group) is 1. The van der Waals surface area contributed by atoms with Gasteiger partial charge in [0.05, 0.1) is 0 Å². The molecule has 0 fully saturated rings. The standard InChI is InChI=1S/C21H25FN2O3/c1-3-19(21(26)23-2)24(14-13-16-7-5-4-6-8-16)20(25)15-27-18-11-9-17(22)10-12-18/h4-12,19H,3,13-15H2,1-2H3,(H,23,26)/t19-/m1/s1. The van der Waals surface area contributed by atoms with Crippen LogP contribution in [0.4, 0.5) is 4.39 Å². The van der Waals surface area contributed by atoms with Gasteiger partial charge in [0.1, 0.15) is 17.6 Å². The second-order valence-corrected chi connectivity index (χ2v) is 6.10. The van der Waals surface area contributed by atoms with Crippen LogP contribution in [0, 0.1) is 5.82 Å². The number of ether oxygens (including phenoxy) is 1. The Balaban J connectivity index is 2.07. The number of hydrogen-bond donors (Lipinski definition) is 1. The molecule has 0 radical (unpaired) electrons. The summed E-state index contributed by atoms with van der Waals surface area (Å²) in [5.74, 6) is -0.462. The predicted octanol–water partition coefficient (Wildman–Crippen LogP) is 2.80. The van der Waals surface area contributed by atoms with Crippen LogP contribution in [0.3, 0.4) is 0 Å². The van der Waals surface area contributed by atoms with E-state index in [-0.39, 0.29) is 24.2 Å². The SMILES string of the molecule is CC[C@H](C(=O)NC)N(CCc1ccccc1)C(=O)COc1ccc(F)cc1. The Labute approximate surface area is 159 Å². The molecular formula is C21H25FN2O3. The van der Waals surface area contributed by atoms with Crippen molar-refractivity contribution in [1.29, 1.82) is 0 Å². The average Bonchev–Trinajstić information content (AvgIpc) is 2.70. The number of carbonyl (C=O) groups excluding carboxylic acids is 2. The summed E-state index contributed by atoms with van der Waals surface area (Å²) in [5, 5.41) is 2.61. The van der Waals surface area contributed by atoms with Crippen LogP contribution in [-0.4, -0.2) is 43.0 Å². The Hall–Kier alpha value is -2.89. The first-order chi connectivity index (χ1) is 13.0. The molecule has 0 aliphatic rings. The topological polar surface area (TPSA) is 58.6 Å². The highest BCUT2D eigenvalue weighted by Crippen LogP contribution is 2.13. The van der Waals surface area contributed by atoms with E-state index >= 15 is 0 Å². The van der Waals surface area contributed by atoms with Gasteiger partial charge in [-0.3, -0.25) is 9.59 Å². The van der Waals surface area contributed by atoms with Crippen molar-refractivity contribution < 1.29 is 18.7 Å². The molecule has 0 spiro atoms. The van der Waals surface area contributed by atoms with Crippen molar-refractivity contribution in [1.82, 2.24) is 10.2 Å². The van der Waals surface area contributed by atoms with Crippen LogP contribution in [0.2, 0.25) is 0 Å². The van der Waals surface area contributed by atoms with Gasteiger partial charge in [0.15, 0.2) is 6.61 Å². The zero-order valence-corrected chi connectivity index (χ0v) is 15.7. The average molecular weight is 372 g/mol. The second kappa shape index (κ2) is 10.3. The largest absolute Gasteiger partial charge is 0.484 e. The number of halogens is 1. The lowest BCUT2D eigenvalue weighted by Gasteiger charge is -2.30. The fourth-order valence-corrected chi connectivity index (χ4v) is 2.82. The zero-order valence-electron chi connectivity index (χ0n) is 15.7. The molecule has 0 bridgehead atoms. The zero-order chi connectivity index (χ0) is 19.6. The molecule has 0 heterocycles. The molecule has 2 aromatic carbocycles. The molecule has 0 saturated heterocycles. The van der Waals surface area contributed by atoms with Gasteiger partial charge in [-0.15, -0.1) is 0 Å². The molecule has 1 N–H and O–H groups in total. The van der Waals surface area contributed by atoms with Crippen LogP contribution >= 0.6 is 0 Å². The fourth-order valence-electron chi connectivity index (χ4n) is 2.82. The van der Waals surface area contributed by atoms with Crippen LogP contribution < -0.4 is 10.1 Å². The highest BCUT2D eigenvalue weighted by molar-refractivity contribution is 5.88. The van der Waals surface area contributed by atoms with Gasteiger partial charge in [0, 0.05) is 13.6 Å². The number of carbonyl (C=O) groups is 2. The molecule has 2 rings (SSSR count). The van der Waals surface area contributed by atoms with E-state index in [1.807, 2.05) is 37.3 Å². The molecule has 2 aromatic rings. The van der Waals surface area contributed by atoms with Crippen molar-refractivity contribution in [3.8, 4) is 5.75 Å². The van der Waals surface area contributed by atoms with E-state index in [0.29, 0.717) is 25.1 Å². The summed E-state index contributed by atoms with van der Waals surface area (Å²) in [5.41, 5.74) is 1.08. The minimum Gasteiger partial charge on any atom is -0.484 e. The molecule has 6 heteroatoms. The molecule has 144 valence electrons. The van der Waals surface area contributed by atoms with E-state index in [2.05, 4.69) is 5.32 Å². The molecular weight excluding hydrogens is 347 g/mol. The first-order valence-corrected chi connectivity index (χ1v) is 8.98. The van der Waals surface area contributed by atoms with Crippen LogP contribution in [0.15, 0.2) is 54.6 Å². The third-order valence-corrected chi connectivity index (χ3v) is 4.29. The van der Waals surface area contributed by atoms with Gasteiger partial charge in [-0.25, -0.2) is 4.39 Å². The Morgan fingerprint density at radius 3 is 2.37 bits per heavy atom. The van der Waals surface area contributed by atoms with Gasteiger partial charge in [-0.05, 0) is 42.7 Å². The third-order valence-electron chi connectivity index (χ3n) is 4.29. The number of rotatable bonds is 9. The van der Waals surface area contributed by atoms with Crippen LogP contribution in [0.25, 0.3) is 0 Å². The Morgan fingerprint density at radius 1 is 1.11 bits per heavy atom. The number of nitrogens with one attached hydrogen (secondary N) is 1. The molecule has 0 saturated carbocycles. The number of benzene rings is 2. The lowest BCUT2D eigenvalue weighted by molar-refractivity contribution is -0.142. The molecule has 2 amide bonds. The number of hydrogen-bond acceptors (Lipinski definition) is 3.